The third-order valence-electron chi connectivity index (χ3n) is 4.70. The van der Waals surface area contributed by atoms with E-state index in [0.29, 0.717) is 0 Å². The van der Waals surface area contributed by atoms with Gasteiger partial charge in [-0.1, -0.05) is 13.3 Å². The normalized spacial score (nSPS) is 41.8. The molecule has 0 bridgehead atoms. The minimum Gasteiger partial charge on any atom is -0.285 e. The van der Waals surface area contributed by atoms with Crippen molar-refractivity contribution in [2.75, 3.05) is 13.1 Å². The van der Waals surface area contributed by atoms with Crippen LogP contribution >= 0.6 is 0 Å². The first-order valence-electron chi connectivity index (χ1n) is 6.91. The highest BCUT2D eigenvalue weighted by Crippen LogP contribution is 2.38. The van der Waals surface area contributed by atoms with E-state index in [1.807, 2.05) is 0 Å². The van der Waals surface area contributed by atoms with Gasteiger partial charge in [0.1, 0.15) is 0 Å². The summed E-state index contributed by atoms with van der Waals surface area (Å²) in [6.45, 7) is 5.09. The second-order valence-electron chi connectivity index (χ2n) is 5.57. The van der Waals surface area contributed by atoms with Gasteiger partial charge in [-0.25, -0.2) is 0 Å². The zero-order valence-electron chi connectivity index (χ0n) is 9.99. The zero-order chi connectivity index (χ0) is 10.3. The third kappa shape index (κ3) is 1.62. The van der Waals surface area contributed by atoms with Crippen molar-refractivity contribution in [3.8, 4) is 0 Å². The molecule has 0 saturated carbocycles. The highest BCUT2D eigenvalue weighted by atomic mass is 15.4. The van der Waals surface area contributed by atoms with Crippen LogP contribution in [0.5, 0.6) is 0 Å². The number of fused-ring (bicyclic) bond motifs is 3. The molecule has 2 heteroatoms. The van der Waals surface area contributed by atoms with Crippen LogP contribution in [0.3, 0.4) is 0 Å². The van der Waals surface area contributed by atoms with Gasteiger partial charge in [0.2, 0.25) is 0 Å². The summed E-state index contributed by atoms with van der Waals surface area (Å²) in [7, 11) is 0. The standard InChI is InChI=1S/C13H24N2/c1-2-5-11-10-12-6-3-8-15(12)13-7-4-9-14(11)13/h11-13H,2-10H2,1H3. The van der Waals surface area contributed by atoms with Crippen LogP contribution in [-0.2, 0) is 0 Å². The lowest BCUT2D eigenvalue weighted by molar-refractivity contribution is -0.0251. The van der Waals surface area contributed by atoms with Crippen molar-refractivity contribution in [3.63, 3.8) is 0 Å². The molecule has 86 valence electrons. The fourth-order valence-electron chi connectivity index (χ4n) is 4.12. The van der Waals surface area contributed by atoms with E-state index in [1.54, 1.807) is 0 Å². The van der Waals surface area contributed by atoms with Gasteiger partial charge < -0.3 is 0 Å². The highest BCUT2D eigenvalue weighted by Gasteiger charge is 2.44. The summed E-state index contributed by atoms with van der Waals surface area (Å²) in [5.41, 5.74) is 0. The van der Waals surface area contributed by atoms with Crippen molar-refractivity contribution in [2.45, 2.75) is 70.1 Å². The van der Waals surface area contributed by atoms with E-state index >= 15 is 0 Å². The smallest absolute Gasteiger partial charge is 0.0627 e. The van der Waals surface area contributed by atoms with Gasteiger partial charge in [-0.05, 0) is 45.1 Å². The Morgan fingerprint density at radius 2 is 1.87 bits per heavy atom. The SMILES string of the molecule is CCCC1CC2CCCN2C2CCCN12. The molecular weight excluding hydrogens is 184 g/mol. The summed E-state index contributed by atoms with van der Waals surface area (Å²) in [6, 6.07) is 1.86. The molecule has 0 aliphatic carbocycles. The lowest BCUT2D eigenvalue weighted by Crippen LogP contribution is -2.57. The molecule has 0 aromatic heterocycles. The average Bonchev–Trinajstić information content (AvgIpc) is 2.84. The molecule has 3 unspecified atom stereocenters. The Morgan fingerprint density at radius 3 is 2.73 bits per heavy atom. The fraction of sp³-hybridized carbons (Fsp3) is 1.00. The predicted octanol–water partition coefficient (Wildman–Crippen LogP) is 2.45. The van der Waals surface area contributed by atoms with Crippen LogP contribution in [0.1, 0.15) is 51.9 Å². The van der Waals surface area contributed by atoms with Gasteiger partial charge in [-0.3, -0.25) is 9.80 Å². The summed E-state index contributed by atoms with van der Waals surface area (Å²) >= 11 is 0. The summed E-state index contributed by atoms with van der Waals surface area (Å²) in [4.78, 5) is 5.64. The average molecular weight is 208 g/mol. The van der Waals surface area contributed by atoms with Crippen LogP contribution in [0.15, 0.2) is 0 Å². The monoisotopic (exact) mass is 208 g/mol. The van der Waals surface area contributed by atoms with Gasteiger partial charge in [0.15, 0.2) is 0 Å². The van der Waals surface area contributed by atoms with E-state index in [4.69, 9.17) is 0 Å². The molecule has 0 spiro atoms. The van der Waals surface area contributed by atoms with Crippen molar-refractivity contribution >= 4 is 0 Å². The molecule has 0 aromatic carbocycles. The Morgan fingerprint density at radius 1 is 1.07 bits per heavy atom. The Labute approximate surface area is 93.6 Å². The van der Waals surface area contributed by atoms with Crippen LogP contribution in [0.4, 0.5) is 0 Å². The van der Waals surface area contributed by atoms with Crippen molar-refractivity contribution in [1.29, 1.82) is 0 Å². The molecule has 0 amide bonds. The lowest BCUT2D eigenvalue weighted by Gasteiger charge is -2.47. The maximum absolute atomic E-state index is 2.82. The Bertz CT molecular complexity index is 229. The largest absolute Gasteiger partial charge is 0.285 e. The molecule has 0 aromatic rings. The van der Waals surface area contributed by atoms with Crippen molar-refractivity contribution in [2.24, 2.45) is 0 Å². The minimum atomic E-state index is 0.836. The topological polar surface area (TPSA) is 6.48 Å². The molecule has 3 atom stereocenters. The van der Waals surface area contributed by atoms with Crippen LogP contribution in [0.2, 0.25) is 0 Å². The fourth-order valence-corrected chi connectivity index (χ4v) is 4.12. The third-order valence-corrected chi connectivity index (χ3v) is 4.70. The zero-order valence-corrected chi connectivity index (χ0v) is 9.99. The maximum atomic E-state index is 2.82. The van der Waals surface area contributed by atoms with E-state index in [1.165, 1.54) is 58.0 Å². The van der Waals surface area contributed by atoms with Crippen LogP contribution in [0, 0.1) is 0 Å². The molecule has 0 radical (unpaired) electrons. The number of hydrogen-bond donors (Lipinski definition) is 0. The van der Waals surface area contributed by atoms with Crippen molar-refractivity contribution in [3.05, 3.63) is 0 Å². The molecule has 0 N–H and O–H groups in total. The van der Waals surface area contributed by atoms with E-state index < -0.39 is 0 Å². The highest BCUT2D eigenvalue weighted by molar-refractivity contribution is 4.97. The lowest BCUT2D eigenvalue weighted by atomic mass is 9.96. The van der Waals surface area contributed by atoms with Crippen LogP contribution in [-0.4, -0.2) is 41.1 Å². The molecule has 3 fully saturated rings. The molecule has 3 saturated heterocycles. The molecule has 3 heterocycles. The van der Waals surface area contributed by atoms with Crippen molar-refractivity contribution < 1.29 is 0 Å². The van der Waals surface area contributed by atoms with E-state index in [-0.39, 0.29) is 0 Å². The van der Waals surface area contributed by atoms with Gasteiger partial charge in [0.05, 0.1) is 6.17 Å². The Hall–Kier alpha value is -0.0800. The number of nitrogens with zero attached hydrogens (tertiary/aromatic N) is 2. The molecular formula is C13H24N2. The Balaban J connectivity index is 1.77. The Kier molecular flexibility index (Phi) is 2.73. The molecule has 3 aliphatic heterocycles. The van der Waals surface area contributed by atoms with E-state index in [2.05, 4.69) is 16.7 Å². The first kappa shape index (κ1) is 10.1. The molecule has 15 heavy (non-hydrogen) atoms. The molecule has 2 nitrogen and oxygen atoms in total. The van der Waals surface area contributed by atoms with Crippen LogP contribution < -0.4 is 0 Å². The van der Waals surface area contributed by atoms with Gasteiger partial charge >= 0.3 is 0 Å². The van der Waals surface area contributed by atoms with E-state index in [0.717, 1.165) is 18.2 Å². The first-order valence-corrected chi connectivity index (χ1v) is 6.91. The van der Waals surface area contributed by atoms with E-state index in [9.17, 15) is 0 Å². The second kappa shape index (κ2) is 4.06. The second-order valence-corrected chi connectivity index (χ2v) is 5.57. The van der Waals surface area contributed by atoms with Crippen molar-refractivity contribution in [1.82, 2.24) is 9.80 Å². The molecule has 3 aliphatic rings. The summed E-state index contributed by atoms with van der Waals surface area (Å²) in [6.07, 6.45) is 10.9. The quantitative estimate of drug-likeness (QED) is 0.688. The molecule has 3 rings (SSSR count). The number of rotatable bonds is 2. The first-order chi connectivity index (χ1) is 7.40. The van der Waals surface area contributed by atoms with Gasteiger partial charge in [0, 0.05) is 18.6 Å². The van der Waals surface area contributed by atoms with Gasteiger partial charge in [-0.15, -0.1) is 0 Å². The van der Waals surface area contributed by atoms with Gasteiger partial charge in [0.25, 0.3) is 0 Å². The number of hydrogen-bond acceptors (Lipinski definition) is 2. The maximum Gasteiger partial charge on any atom is 0.0627 e. The van der Waals surface area contributed by atoms with Crippen LogP contribution in [0.25, 0.3) is 0 Å². The summed E-state index contributed by atoms with van der Waals surface area (Å²) < 4.78 is 0. The van der Waals surface area contributed by atoms with Gasteiger partial charge in [-0.2, -0.15) is 0 Å². The summed E-state index contributed by atoms with van der Waals surface area (Å²) in [5, 5.41) is 0. The summed E-state index contributed by atoms with van der Waals surface area (Å²) in [5.74, 6) is 0. The minimum absolute atomic E-state index is 0.836. The predicted molar refractivity (Wildman–Crippen MR) is 62.8 cm³/mol.